The predicted octanol–water partition coefficient (Wildman–Crippen LogP) is 3.74. The van der Waals surface area contributed by atoms with E-state index < -0.39 is 0 Å². The molecule has 0 saturated carbocycles. The maximum absolute atomic E-state index is 3.52. The van der Waals surface area contributed by atoms with Crippen LogP contribution in [0.15, 0.2) is 15.2 Å². The van der Waals surface area contributed by atoms with Crippen molar-refractivity contribution in [1.82, 2.24) is 5.32 Å². The summed E-state index contributed by atoms with van der Waals surface area (Å²) in [7, 11) is 0. The molecule has 0 aromatic carbocycles. The van der Waals surface area contributed by atoms with Crippen molar-refractivity contribution in [3.63, 3.8) is 0 Å². The van der Waals surface area contributed by atoms with Crippen LogP contribution in [0.5, 0.6) is 0 Å². The van der Waals surface area contributed by atoms with E-state index in [1.54, 1.807) is 11.3 Å². The second-order valence-electron chi connectivity index (χ2n) is 3.32. The fourth-order valence-electron chi connectivity index (χ4n) is 1.13. The third kappa shape index (κ3) is 4.82. The van der Waals surface area contributed by atoms with Gasteiger partial charge < -0.3 is 5.32 Å². The summed E-state index contributed by atoms with van der Waals surface area (Å²) >= 11 is 7.13. The Kier molecular flexibility index (Phi) is 6.17. The van der Waals surface area contributed by atoms with E-state index in [1.165, 1.54) is 21.5 Å². The Balaban J connectivity index is 2.20. The van der Waals surface area contributed by atoms with Gasteiger partial charge in [-0.15, -0.1) is 11.3 Å². The van der Waals surface area contributed by atoms with E-state index in [9.17, 15) is 0 Å². The zero-order valence-corrected chi connectivity index (χ0v) is 11.8. The van der Waals surface area contributed by atoms with Crippen molar-refractivity contribution in [2.75, 3.05) is 12.0 Å². The van der Waals surface area contributed by atoms with Crippen molar-refractivity contribution in [3.8, 4) is 0 Å². The SMILES string of the molecule is CSCCC(C)NCc1csc(Br)c1. The Morgan fingerprint density at radius 3 is 3.00 bits per heavy atom. The quantitative estimate of drug-likeness (QED) is 0.857. The van der Waals surface area contributed by atoms with Gasteiger partial charge in [0.05, 0.1) is 3.79 Å². The smallest absolute Gasteiger partial charge is 0.0701 e. The van der Waals surface area contributed by atoms with Crippen molar-refractivity contribution >= 4 is 39.0 Å². The normalized spacial score (nSPS) is 13.1. The second kappa shape index (κ2) is 6.88. The number of hydrogen-bond donors (Lipinski definition) is 1. The summed E-state index contributed by atoms with van der Waals surface area (Å²) < 4.78 is 1.21. The Morgan fingerprint density at radius 2 is 2.43 bits per heavy atom. The number of thiophene rings is 1. The molecule has 1 N–H and O–H groups in total. The molecule has 1 heterocycles. The molecule has 0 amide bonds. The largest absolute Gasteiger partial charge is 0.310 e. The molecule has 1 unspecified atom stereocenters. The fraction of sp³-hybridized carbons (Fsp3) is 0.600. The molecule has 1 aromatic heterocycles. The zero-order valence-electron chi connectivity index (χ0n) is 8.55. The molecule has 0 aliphatic carbocycles. The highest BCUT2D eigenvalue weighted by molar-refractivity contribution is 9.11. The molecule has 1 nitrogen and oxygen atoms in total. The van der Waals surface area contributed by atoms with Gasteiger partial charge in [0.2, 0.25) is 0 Å². The minimum absolute atomic E-state index is 0.612. The number of rotatable bonds is 6. The molecule has 14 heavy (non-hydrogen) atoms. The van der Waals surface area contributed by atoms with E-state index in [1.807, 2.05) is 11.8 Å². The van der Waals surface area contributed by atoms with Gasteiger partial charge in [-0.1, -0.05) is 0 Å². The summed E-state index contributed by atoms with van der Waals surface area (Å²) in [6.45, 7) is 3.23. The average molecular weight is 294 g/mol. The molecule has 1 rings (SSSR count). The van der Waals surface area contributed by atoms with Crippen LogP contribution in [0.4, 0.5) is 0 Å². The van der Waals surface area contributed by atoms with E-state index in [-0.39, 0.29) is 0 Å². The summed E-state index contributed by atoms with van der Waals surface area (Å²) in [6, 6.07) is 2.79. The first-order valence-corrected chi connectivity index (χ1v) is 7.74. The van der Waals surface area contributed by atoms with E-state index >= 15 is 0 Å². The van der Waals surface area contributed by atoms with E-state index in [0.717, 1.165) is 6.54 Å². The van der Waals surface area contributed by atoms with Gasteiger partial charge in [0, 0.05) is 12.6 Å². The van der Waals surface area contributed by atoms with E-state index in [4.69, 9.17) is 0 Å². The molecule has 80 valence electrons. The lowest BCUT2D eigenvalue weighted by molar-refractivity contribution is 0.538. The van der Waals surface area contributed by atoms with Gasteiger partial charge in [-0.25, -0.2) is 0 Å². The summed E-state index contributed by atoms with van der Waals surface area (Å²) in [5.41, 5.74) is 1.37. The minimum Gasteiger partial charge on any atom is -0.310 e. The van der Waals surface area contributed by atoms with Crippen molar-refractivity contribution < 1.29 is 0 Å². The zero-order chi connectivity index (χ0) is 10.4. The monoisotopic (exact) mass is 293 g/mol. The molecule has 0 aliphatic rings. The van der Waals surface area contributed by atoms with Crippen molar-refractivity contribution in [2.24, 2.45) is 0 Å². The van der Waals surface area contributed by atoms with Crippen LogP contribution in [-0.2, 0) is 6.54 Å². The van der Waals surface area contributed by atoms with Crippen molar-refractivity contribution in [2.45, 2.75) is 25.9 Å². The van der Waals surface area contributed by atoms with E-state index in [2.05, 4.69) is 45.9 Å². The topological polar surface area (TPSA) is 12.0 Å². The van der Waals surface area contributed by atoms with Gasteiger partial charge in [0.25, 0.3) is 0 Å². The summed E-state index contributed by atoms with van der Waals surface area (Å²) in [6.07, 6.45) is 3.40. The molecule has 1 aromatic rings. The molecule has 0 saturated heterocycles. The number of halogens is 1. The molecule has 0 aliphatic heterocycles. The number of nitrogens with one attached hydrogen (secondary N) is 1. The first kappa shape index (κ1) is 12.6. The van der Waals surface area contributed by atoms with Crippen LogP contribution in [0.2, 0.25) is 0 Å². The van der Waals surface area contributed by atoms with Crippen LogP contribution in [0, 0.1) is 0 Å². The number of thioether (sulfide) groups is 1. The third-order valence-electron chi connectivity index (χ3n) is 2.03. The first-order valence-electron chi connectivity index (χ1n) is 4.67. The summed E-state index contributed by atoms with van der Waals surface area (Å²) in [5, 5.41) is 5.71. The Bertz CT molecular complexity index is 262. The molecular formula is C10H16BrNS2. The van der Waals surface area contributed by atoms with Gasteiger partial charge in [0.15, 0.2) is 0 Å². The highest BCUT2D eigenvalue weighted by Crippen LogP contribution is 2.20. The highest BCUT2D eigenvalue weighted by atomic mass is 79.9. The van der Waals surface area contributed by atoms with Crippen LogP contribution in [0.25, 0.3) is 0 Å². The second-order valence-corrected chi connectivity index (χ2v) is 6.60. The third-order valence-corrected chi connectivity index (χ3v) is 4.23. The molecule has 4 heteroatoms. The molecule has 0 spiro atoms. The highest BCUT2D eigenvalue weighted by Gasteiger charge is 2.02. The van der Waals surface area contributed by atoms with Gasteiger partial charge in [0.1, 0.15) is 0 Å². The fourth-order valence-corrected chi connectivity index (χ4v) is 2.93. The standard InChI is InChI=1S/C10H16BrNS2/c1-8(3-4-13-2)12-6-9-5-10(11)14-7-9/h5,7-8,12H,3-4,6H2,1-2H3. The summed E-state index contributed by atoms with van der Waals surface area (Å²) in [4.78, 5) is 0. The maximum Gasteiger partial charge on any atom is 0.0701 e. The average Bonchev–Trinajstić information content (AvgIpc) is 2.58. The van der Waals surface area contributed by atoms with Gasteiger partial charge >= 0.3 is 0 Å². The molecule has 0 radical (unpaired) electrons. The minimum atomic E-state index is 0.612. The van der Waals surface area contributed by atoms with Crippen LogP contribution in [-0.4, -0.2) is 18.1 Å². The van der Waals surface area contributed by atoms with Gasteiger partial charge in [-0.3, -0.25) is 0 Å². The lowest BCUT2D eigenvalue weighted by Gasteiger charge is -2.11. The van der Waals surface area contributed by atoms with Crippen LogP contribution >= 0.6 is 39.0 Å². The summed E-state index contributed by atoms with van der Waals surface area (Å²) in [5.74, 6) is 1.24. The van der Waals surface area contributed by atoms with Crippen LogP contribution in [0.3, 0.4) is 0 Å². The lowest BCUT2D eigenvalue weighted by atomic mass is 10.2. The van der Waals surface area contributed by atoms with Crippen molar-refractivity contribution in [1.29, 1.82) is 0 Å². The maximum atomic E-state index is 3.52. The predicted molar refractivity (Wildman–Crippen MR) is 71.3 cm³/mol. The van der Waals surface area contributed by atoms with Crippen LogP contribution in [0.1, 0.15) is 18.9 Å². The Morgan fingerprint density at radius 1 is 1.64 bits per heavy atom. The number of hydrogen-bond acceptors (Lipinski definition) is 3. The van der Waals surface area contributed by atoms with E-state index in [0.29, 0.717) is 6.04 Å². The molecule has 0 fully saturated rings. The first-order chi connectivity index (χ1) is 6.72. The van der Waals surface area contributed by atoms with Gasteiger partial charge in [-0.05, 0) is 58.3 Å². The Labute approximate surface area is 103 Å². The molecule has 1 atom stereocenters. The Hall–Kier alpha value is 0.490. The molecule has 0 bridgehead atoms. The lowest BCUT2D eigenvalue weighted by Crippen LogP contribution is -2.25. The van der Waals surface area contributed by atoms with Crippen LogP contribution < -0.4 is 5.32 Å². The van der Waals surface area contributed by atoms with Crippen molar-refractivity contribution in [3.05, 3.63) is 20.8 Å². The van der Waals surface area contributed by atoms with Gasteiger partial charge in [-0.2, -0.15) is 11.8 Å². The molecular weight excluding hydrogens is 278 g/mol.